The average molecular weight is 215 g/mol. The van der Waals surface area contributed by atoms with Crippen LogP contribution in [0, 0.1) is 0 Å². The lowest BCUT2D eigenvalue weighted by atomic mass is 9.96. The third kappa shape index (κ3) is 1.01. The Morgan fingerprint density at radius 2 is 2.21 bits per heavy atom. The molecule has 0 aliphatic carbocycles. The summed E-state index contributed by atoms with van der Waals surface area (Å²) in [5, 5.41) is 10.7. The van der Waals surface area contributed by atoms with Crippen LogP contribution in [0.2, 0.25) is 0 Å². The van der Waals surface area contributed by atoms with Crippen LogP contribution in [0.5, 0.6) is 0 Å². The molecule has 2 fully saturated rings. The Labute approximate surface area is 85.6 Å². The number of carboxylic acid groups (broad SMARTS) is 1. The van der Waals surface area contributed by atoms with Crippen LogP contribution in [0.3, 0.4) is 0 Å². The van der Waals surface area contributed by atoms with Gasteiger partial charge in [-0.15, -0.1) is 11.8 Å². The number of rotatable bonds is 1. The van der Waals surface area contributed by atoms with Gasteiger partial charge in [-0.25, -0.2) is 0 Å². The highest BCUT2D eigenvalue weighted by Crippen LogP contribution is 2.49. The van der Waals surface area contributed by atoms with Crippen LogP contribution in [-0.2, 0) is 9.59 Å². The van der Waals surface area contributed by atoms with Gasteiger partial charge >= 0.3 is 0 Å². The van der Waals surface area contributed by atoms with E-state index in [0.29, 0.717) is 0 Å². The van der Waals surface area contributed by atoms with Crippen LogP contribution in [0.15, 0.2) is 0 Å². The van der Waals surface area contributed by atoms with Crippen molar-refractivity contribution in [2.45, 2.75) is 36.1 Å². The molecule has 2 N–H and O–H groups in total. The Kier molecular flexibility index (Phi) is 1.84. The maximum Gasteiger partial charge on any atom is 0.244 e. The molecule has 0 unspecified atom stereocenters. The molecule has 0 spiro atoms. The van der Waals surface area contributed by atoms with E-state index in [1.807, 2.05) is 0 Å². The van der Waals surface area contributed by atoms with Gasteiger partial charge in [0.2, 0.25) is 5.91 Å². The number of carbonyl (C=O) groups excluding carboxylic acids is 2. The number of nitrogens with zero attached hydrogens (tertiary/aromatic N) is 1. The van der Waals surface area contributed by atoms with Crippen LogP contribution < -0.4 is 10.8 Å². The van der Waals surface area contributed by atoms with Crippen molar-refractivity contribution >= 4 is 23.6 Å². The number of aliphatic carboxylic acids is 1. The van der Waals surface area contributed by atoms with E-state index in [1.165, 1.54) is 16.7 Å². The molecule has 0 bridgehead atoms. The summed E-state index contributed by atoms with van der Waals surface area (Å²) in [6.07, 6.45) is 0. The molecule has 2 rings (SSSR count). The van der Waals surface area contributed by atoms with Crippen molar-refractivity contribution in [3.05, 3.63) is 0 Å². The molecule has 2 aliphatic heterocycles. The van der Waals surface area contributed by atoms with E-state index >= 15 is 0 Å². The molecule has 2 aliphatic rings. The number of nitrogens with two attached hydrogens (primary N) is 1. The number of thioether (sulfide) groups is 1. The SMILES string of the molecule is CC1(C)S[C@@H]2[C@H](N)C(=O)N2[C@H]1C(=O)[O-]. The summed E-state index contributed by atoms with van der Waals surface area (Å²) in [4.78, 5) is 23.6. The van der Waals surface area contributed by atoms with Gasteiger partial charge in [0.15, 0.2) is 0 Å². The normalized spacial score (nSPS) is 39.2. The fourth-order valence-electron chi connectivity index (χ4n) is 2.02. The second-order valence-corrected chi connectivity index (χ2v) is 5.88. The zero-order chi connectivity index (χ0) is 10.7. The van der Waals surface area contributed by atoms with Crippen LogP contribution >= 0.6 is 11.8 Å². The molecule has 5 nitrogen and oxygen atoms in total. The summed E-state index contributed by atoms with van der Waals surface area (Å²) in [6, 6.07) is -1.41. The van der Waals surface area contributed by atoms with E-state index in [4.69, 9.17) is 5.73 Å². The van der Waals surface area contributed by atoms with Crippen molar-refractivity contribution in [2.24, 2.45) is 5.73 Å². The quantitative estimate of drug-likeness (QED) is 0.518. The molecule has 14 heavy (non-hydrogen) atoms. The highest BCUT2D eigenvalue weighted by Gasteiger charge is 2.60. The van der Waals surface area contributed by atoms with Gasteiger partial charge in [-0.1, -0.05) is 0 Å². The highest BCUT2D eigenvalue weighted by atomic mass is 32.2. The van der Waals surface area contributed by atoms with Crippen LogP contribution in [-0.4, -0.2) is 39.0 Å². The molecule has 2 saturated heterocycles. The first-order valence-electron chi connectivity index (χ1n) is 4.32. The lowest BCUT2D eigenvalue weighted by molar-refractivity contribution is -0.312. The van der Waals surface area contributed by atoms with Crippen LogP contribution in [0.25, 0.3) is 0 Å². The molecule has 3 atom stereocenters. The summed E-state index contributed by atoms with van der Waals surface area (Å²) < 4.78 is -0.521. The summed E-state index contributed by atoms with van der Waals surface area (Å²) in [7, 11) is 0. The van der Waals surface area contributed by atoms with Crippen molar-refractivity contribution < 1.29 is 14.7 Å². The first-order valence-corrected chi connectivity index (χ1v) is 5.20. The number of amides is 1. The number of fused-ring (bicyclic) bond motifs is 1. The van der Waals surface area contributed by atoms with Gasteiger partial charge in [0.25, 0.3) is 0 Å². The van der Waals surface area contributed by atoms with Crippen molar-refractivity contribution in [3.8, 4) is 0 Å². The van der Waals surface area contributed by atoms with Gasteiger partial charge in [-0.3, -0.25) is 4.79 Å². The minimum absolute atomic E-state index is 0.194. The Balaban J connectivity index is 2.32. The topological polar surface area (TPSA) is 86.5 Å². The van der Waals surface area contributed by atoms with E-state index in [2.05, 4.69) is 0 Å². The van der Waals surface area contributed by atoms with Gasteiger partial charge in [0.05, 0.1) is 12.0 Å². The second kappa shape index (κ2) is 2.64. The molecule has 0 aromatic carbocycles. The minimum Gasteiger partial charge on any atom is -0.548 e. The molecule has 0 radical (unpaired) electrons. The monoisotopic (exact) mass is 215 g/mol. The predicted octanol–water partition coefficient (Wildman–Crippen LogP) is -1.87. The largest absolute Gasteiger partial charge is 0.548 e. The van der Waals surface area contributed by atoms with E-state index in [1.54, 1.807) is 13.8 Å². The Morgan fingerprint density at radius 1 is 1.64 bits per heavy atom. The molecule has 0 aromatic rings. The molecular weight excluding hydrogens is 204 g/mol. The molecule has 6 heteroatoms. The van der Waals surface area contributed by atoms with Gasteiger partial charge < -0.3 is 20.5 Å². The fraction of sp³-hybridized carbons (Fsp3) is 0.750. The number of carbonyl (C=O) groups is 2. The third-order valence-corrected chi connectivity index (χ3v) is 4.30. The number of hydrogen-bond acceptors (Lipinski definition) is 5. The lowest BCUT2D eigenvalue weighted by Crippen LogP contribution is -2.70. The Bertz CT molecular complexity index is 318. The van der Waals surface area contributed by atoms with Crippen molar-refractivity contribution in [3.63, 3.8) is 0 Å². The van der Waals surface area contributed by atoms with Crippen LogP contribution in [0.1, 0.15) is 13.8 Å². The zero-order valence-electron chi connectivity index (χ0n) is 7.89. The number of carboxylic acids is 1. The summed E-state index contributed by atoms with van der Waals surface area (Å²) in [5.74, 6) is -1.49. The zero-order valence-corrected chi connectivity index (χ0v) is 8.71. The maximum absolute atomic E-state index is 11.3. The minimum atomic E-state index is -1.20. The predicted molar refractivity (Wildman–Crippen MR) is 49.1 cm³/mol. The maximum atomic E-state index is 11.3. The molecule has 0 aromatic heterocycles. The summed E-state index contributed by atoms with van der Waals surface area (Å²) in [5.41, 5.74) is 5.57. The number of β-lactam (4-membered cyclic amide) rings is 1. The van der Waals surface area contributed by atoms with Crippen molar-refractivity contribution in [1.29, 1.82) is 0 Å². The van der Waals surface area contributed by atoms with Gasteiger partial charge in [0, 0.05) is 4.75 Å². The Hall–Kier alpha value is -0.750. The Morgan fingerprint density at radius 3 is 2.71 bits per heavy atom. The summed E-state index contributed by atoms with van der Waals surface area (Å²) in [6.45, 7) is 3.58. The molecular formula is C8H11N2O3S-. The van der Waals surface area contributed by atoms with Gasteiger partial charge in [-0.2, -0.15) is 0 Å². The smallest absolute Gasteiger partial charge is 0.244 e. The van der Waals surface area contributed by atoms with E-state index in [0.717, 1.165) is 0 Å². The molecule has 0 saturated carbocycles. The highest BCUT2D eigenvalue weighted by molar-refractivity contribution is 8.01. The third-order valence-electron chi connectivity index (χ3n) is 2.71. The van der Waals surface area contributed by atoms with Crippen molar-refractivity contribution in [1.82, 2.24) is 4.90 Å². The van der Waals surface area contributed by atoms with E-state index in [-0.39, 0.29) is 11.3 Å². The standard InChI is InChI=1S/C8H12N2O3S/c1-8(2)4(7(12)13)10-5(11)3(9)6(10)14-8/h3-4,6H,9H2,1-2H3,(H,12,13)/p-1/t3-,4+,6-/m1/s1. The van der Waals surface area contributed by atoms with Gasteiger partial charge in [-0.05, 0) is 13.8 Å². The van der Waals surface area contributed by atoms with E-state index in [9.17, 15) is 14.7 Å². The molecule has 78 valence electrons. The average Bonchev–Trinajstić information content (AvgIpc) is 2.34. The second-order valence-electron chi connectivity index (χ2n) is 4.10. The van der Waals surface area contributed by atoms with E-state index < -0.39 is 22.8 Å². The first kappa shape index (κ1) is 9.79. The van der Waals surface area contributed by atoms with Crippen LogP contribution in [0.4, 0.5) is 0 Å². The van der Waals surface area contributed by atoms with Crippen molar-refractivity contribution in [2.75, 3.05) is 0 Å². The summed E-state index contributed by atoms with van der Waals surface area (Å²) >= 11 is 1.43. The molecule has 1 amide bonds. The first-order chi connectivity index (χ1) is 6.36. The number of hydrogen-bond donors (Lipinski definition) is 1. The molecule has 2 heterocycles. The fourth-order valence-corrected chi connectivity index (χ4v) is 3.59. The van der Waals surface area contributed by atoms with Gasteiger partial charge in [0.1, 0.15) is 11.4 Å². The lowest BCUT2D eigenvalue weighted by Gasteiger charge is -2.43.